The minimum atomic E-state index is -1.15. The van der Waals surface area contributed by atoms with E-state index in [1.54, 1.807) is 14.0 Å². The number of carboxylic acids is 1. The normalized spacial score (nSPS) is 17.8. The Balaban J connectivity index is 1.92. The fourth-order valence-corrected chi connectivity index (χ4v) is 2.94. The number of carbonyl (C=O) groups excluding carboxylic acids is 1. The van der Waals surface area contributed by atoms with Crippen molar-refractivity contribution in [1.29, 1.82) is 0 Å². The van der Waals surface area contributed by atoms with Crippen molar-refractivity contribution >= 4 is 11.9 Å². The van der Waals surface area contributed by atoms with Crippen molar-refractivity contribution in [3.05, 3.63) is 29.8 Å². The standard InChI is InChI=1S/C18H25NO5/c1-13(24-12-14-7-6-8-15(11-14)23-2)16(20)19-18(17(21)22)9-4-3-5-10-18/h6-8,11,13H,3-5,9-10,12H2,1-2H3,(H,19,20)(H,21,22). The lowest BCUT2D eigenvalue weighted by Crippen LogP contribution is -2.57. The quantitative estimate of drug-likeness (QED) is 0.800. The molecule has 0 heterocycles. The monoisotopic (exact) mass is 335 g/mol. The summed E-state index contributed by atoms with van der Waals surface area (Å²) in [6.07, 6.45) is 2.84. The first-order valence-corrected chi connectivity index (χ1v) is 8.27. The number of carbonyl (C=O) groups is 2. The lowest BCUT2D eigenvalue weighted by molar-refractivity contribution is -0.151. The molecule has 1 aliphatic rings. The van der Waals surface area contributed by atoms with Gasteiger partial charge in [-0.3, -0.25) is 4.79 Å². The van der Waals surface area contributed by atoms with E-state index >= 15 is 0 Å². The van der Waals surface area contributed by atoms with E-state index in [9.17, 15) is 14.7 Å². The Morgan fingerprint density at radius 3 is 2.62 bits per heavy atom. The predicted octanol–water partition coefficient (Wildman–Crippen LogP) is 2.50. The zero-order chi connectivity index (χ0) is 17.6. The third-order valence-corrected chi connectivity index (χ3v) is 4.48. The average Bonchev–Trinajstić information content (AvgIpc) is 2.60. The molecule has 1 unspecified atom stereocenters. The number of hydrogen-bond acceptors (Lipinski definition) is 4. The van der Waals surface area contributed by atoms with Gasteiger partial charge in [-0.25, -0.2) is 4.79 Å². The summed E-state index contributed by atoms with van der Waals surface area (Å²) < 4.78 is 10.7. The molecular weight excluding hydrogens is 310 g/mol. The molecule has 2 rings (SSSR count). The minimum Gasteiger partial charge on any atom is -0.497 e. The highest BCUT2D eigenvalue weighted by Gasteiger charge is 2.41. The van der Waals surface area contributed by atoms with Gasteiger partial charge in [0.05, 0.1) is 13.7 Å². The molecule has 1 amide bonds. The second kappa shape index (κ2) is 8.15. The van der Waals surface area contributed by atoms with E-state index in [1.807, 2.05) is 24.3 Å². The van der Waals surface area contributed by atoms with Crippen LogP contribution in [-0.2, 0) is 20.9 Å². The van der Waals surface area contributed by atoms with Gasteiger partial charge in [-0.05, 0) is 37.5 Å². The van der Waals surface area contributed by atoms with Crippen LogP contribution in [0.5, 0.6) is 5.75 Å². The van der Waals surface area contributed by atoms with E-state index < -0.39 is 17.6 Å². The van der Waals surface area contributed by atoms with Crippen LogP contribution in [-0.4, -0.2) is 35.7 Å². The number of methoxy groups -OCH3 is 1. The summed E-state index contributed by atoms with van der Waals surface area (Å²) in [5.41, 5.74) is -0.261. The van der Waals surface area contributed by atoms with Gasteiger partial charge in [-0.2, -0.15) is 0 Å². The summed E-state index contributed by atoms with van der Waals surface area (Å²) in [5.74, 6) is -0.627. The molecule has 2 N–H and O–H groups in total. The number of carboxylic acid groups (broad SMARTS) is 1. The van der Waals surface area contributed by atoms with Gasteiger partial charge in [0, 0.05) is 0 Å². The summed E-state index contributed by atoms with van der Waals surface area (Å²) in [4.78, 5) is 24.0. The number of aliphatic carboxylic acids is 1. The molecule has 24 heavy (non-hydrogen) atoms. The predicted molar refractivity (Wildman–Crippen MR) is 88.8 cm³/mol. The smallest absolute Gasteiger partial charge is 0.329 e. The molecule has 0 aliphatic heterocycles. The van der Waals surface area contributed by atoms with Crippen LogP contribution in [0, 0.1) is 0 Å². The van der Waals surface area contributed by atoms with Crippen LogP contribution in [0.4, 0.5) is 0 Å². The summed E-state index contributed by atoms with van der Waals surface area (Å²) in [7, 11) is 1.59. The van der Waals surface area contributed by atoms with Crippen molar-refractivity contribution in [3.63, 3.8) is 0 Å². The first-order chi connectivity index (χ1) is 11.5. The SMILES string of the molecule is COc1cccc(COC(C)C(=O)NC2(C(=O)O)CCCCC2)c1. The molecule has 1 aromatic rings. The van der Waals surface area contributed by atoms with Gasteiger partial charge in [0.1, 0.15) is 17.4 Å². The lowest BCUT2D eigenvalue weighted by atomic mass is 9.81. The van der Waals surface area contributed by atoms with Crippen LogP contribution in [0.15, 0.2) is 24.3 Å². The lowest BCUT2D eigenvalue weighted by Gasteiger charge is -2.34. The summed E-state index contributed by atoms with van der Waals surface area (Å²) in [6.45, 7) is 1.89. The highest BCUT2D eigenvalue weighted by molar-refractivity contribution is 5.89. The first kappa shape index (κ1) is 18.3. The van der Waals surface area contributed by atoms with Crippen LogP contribution in [0.1, 0.15) is 44.6 Å². The molecule has 1 atom stereocenters. The molecule has 6 nitrogen and oxygen atoms in total. The molecule has 0 radical (unpaired) electrons. The maximum absolute atomic E-state index is 12.3. The van der Waals surface area contributed by atoms with Crippen molar-refractivity contribution < 1.29 is 24.2 Å². The fourth-order valence-electron chi connectivity index (χ4n) is 2.94. The van der Waals surface area contributed by atoms with Gasteiger partial charge in [0.15, 0.2) is 0 Å². The third kappa shape index (κ3) is 4.47. The Hall–Kier alpha value is -2.08. The molecule has 0 spiro atoms. The second-order valence-corrected chi connectivity index (χ2v) is 6.24. The molecule has 1 saturated carbocycles. The topological polar surface area (TPSA) is 84.9 Å². The van der Waals surface area contributed by atoms with Gasteiger partial charge in [-0.15, -0.1) is 0 Å². The number of amides is 1. The van der Waals surface area contributed by atoms with Crippen LogP contribution < -0.4 is 10.1 Å². The van der Waals surface area contributed by atoms with Crippen molar-refractivity contribution in [2.75, 3.05) is 7.11 Å². The number of hydrogen-bond donors (Lipinski definition) is 2. The third-order valence-electron chi connectivity index (χ3n) is 4.48. The van der Waals surface area contributed by atoms with E-state index in [0.717, 1.165) is 30.6 Å². The van der Waals surface area contributed by atoms with Crippen LogP contribution >= 0.6 is 0 Å². The zero-order valence-electron chi connectivity index (χ0n) is 14.2. The highest BCUT2D eigenvalue weighted by atomic mass is 16.5. The van der Waals surface area contributed by atoms with Gasteiger partial charge >= 0.3 is 5.97 Å². The molecular formula is C18H25NO5. The van der Waals surface area contributed by atoms with Crippen molar-refractivity contribution in [2.45, 2.75) is 57.3 Å². The Bertz CT molecular complexity index is 581. The summed E-state index contributed by atoms with van der Waals surface area (Å²) in [5, 5.41) is 12.2. The molecule has 6 heteroatoms. The largest absolute Gasteiger partial charge is 0.497 e. The molecule has 1 aliphatic carbocycles. The van der Waals surface area contributed by atoms with Crippen LogP contribution in [0.25, 0.3) is 0 Å². The Morgan fingerprint density at radius 2 is 2.00 bits per heavy atom. The first-order valence-electron chi connectivity index (χ1n) is 8.27. The van der Waals surface area contributed by atoms with E-state index in [0.29, 0.717) is 12.8 Å². The van der Waals surface area contributed by atoms with E-state index in [1.165, 1.54) is 0 Å². The number of ether oxygens (including phenoxy) is 2. The molecule has 1 fully saturated rings. The number of rotatable bonds is 7. The van der Waals surface area contributed by atoms with E-state index in [2.05, 4.69) is 5.32 Å². The Labute approximate surface area is 142 Å². The number of nitrogens with one attached hydrogen (secondary N) is 1. The average molecular weight is 335 g/mol. The van der Waals surface area contributed by atoms with Gasteiger partial charge < -0.3 is 19.9 Å². The molecule has 1 aromatic carbocycles. The molecule has 0 aromatic heterocycles. The molecule has 132 valence electrons. The summed E-state index contributed by atoms with van der Waals surface area (Å²) in [6, 6.07) is 7.40. The maximum Gasteiger partial charge on any atom is 0.329 e. The maximum atomic E-state index is 12.3. The molecule has 0 saturated heterocycles. The highest BCUT2D eigenvalue weighted by Crippen LogP contribution is 2.28. The van der Waals surface area contributed by atoms with Gasteiger partial charge in [0.25, 0.3) is 0 Å². The fraction of sp³-hybridized carbons (Fsp3) is 0.556. The van der Waals surface area contributed by atoms with Crippen molar-refractivity contribution in [1.82, 2.24) is 5.32 Å². The Kier molecular flexibility index (Phi) is 6.20. The minimum absolute atomic E-state index is 0.256. The number of benzene rings is 1. The van der Waals surface area contributed by atoms with Gasteiger partial charge in [-0.1, -0.05) is 31.4 Å². The second-order valence-electron chi connectivity index (χ2n) is 6.24. The van der Waals surface area contributed by atoms with E-state index in [4.69, 9.17) is 9.47 Å². The van der Waals surface area contributed by atoms with Crippen LogP contribution in [0.3, 0.4) is 0 Å². The summed E-state index contributed by atoms with van der Waals surface area (Å²) >= 11 is 0. The van der Waals surface area contributed by atoms with E-state index in [-0.39, 0.29) is 12.5 Å². The molecule has 0 bridgehead atoms. The van der Waals surface area contributed by atoms with Crippen molar-refractivity contribution in [2.24, 2.45) is 0 Å². The van der Waals surface area contributed by atoms with Crippen LogP contribution in [0.2, 0.25) is 0 Å². The van der Waals surface area contributed by atoms with Gasteiger partial charge in [0.2, 0.25) is 5.91 Å². The zero-order valence-corrected chi connectivity index (χ0v) is 14.2. The Morgan fingerprint density at radius 1 is 1.29 bits per heavy atom. The van der Waals surface area contributed by atoms with Crippen molar-refractivity contribution in [3.8, 4) is 5.75 Å².